The minimum atomic E-state index is -0.233. The van der Waals surface area contributed by atoms with Gasteiger partial charge in [-0.1, -0.05) is 49.0 Å². The van der Waals surface area contributed by atoms with E-state index in [1.165, 1.54) is 17.3 Å². The highest BCUT2D eigenvalue weighted by Crippen LogP contribution is 2.22. The van der Waals surface area contributed by atoms with Gasteiger partial charge in [-0.05, 0) is 32.3 Å². The summed E-state index contributed by atoms with van der Waals surface area (Å²) in [5.41, 5.74) is 1.01. The van der Waals surface area contributed by atoms with Gasteiger partial charge >= 0.3 is 0 Å². The number of amides is 1. The van der Waals surface area contributed by atoms with Gasteiger partial charge in [0.25, 0.3) is 5.22 Å². The number of nitrogens with zero attached hydrogens (tertiary/aromatic N) is 2. The van der Waals surface area contributed by atoms with Crippen LogP contribution < -0.4 is 5.32 Å². The molecule has 0 spiro atoms. The Labute approximate surface area is 141 Å². The SMILES string of the molecule is CC(Cc1nnc(SCC(=O)NC(C)(C)C)o1)c1ccccc1. The number of carbonyl (C=O) groups is 1. The van der Waals surface area contributed by atoms with E-state index in [0.717, 1.165) is 0 Å². The molecule has 5 nitrogen and oxygen atoms in total. The Balaban J connectivity index is 1.85. The van der Waals surface area contributed by atoms with E-state index in [1.54, 1.807) is 0 Å². The molecule has 0 aliphatic rings. The summed E-state index contributed by atoms with van der Waals surface area (Å²) in [6.45, 7) is 7.98. The third kappa shape index (κ3) is 6.06. The van der Waals surface area contributed by atoms with Crippen molar-refractivity contribution in [2.24, 2.45) is 0 Å². The first-order valence-corrected chi connectivity index (χ1v) is 8.63. The van der Waals surface area contributed by atoms with Gasteiger partial charge in [-0.3, -0.25) is 4.79 Å². The molecule has 23 heavy (non-hydrogen) atoms. The van der Waals surface area contributed by atoms with Gasteiger partial charge in [0.05, 0.1) is 5.75 Å². The number of hydrogen-bond acceptors (Lipinski definition) is 5. The standard InChI is InChI=1S/C17H23N3O2S/c1-12(13-8-6-5-7-9-13)10-15-19-20-16(22-15)23-11-14(21)18-17(2,3)4/h5-9,12H,10-11H2,1-4H3,(H,18,21). The van der Waals surface area contributed by atoms with Crippen LogP contribution >= 0.6 is 11.8 Å². The van der Waals surface area contributed by atoms with Crippen molar-refractivity contribution in [3.8, 4) is 0 Å². The maximum atomic E-state index is 11.8. The molecule has 1 unspecified atom stereocenters. The molecule has 0 saturated heterocycles. The maximum absolute atomic E-state index is 11.8. The molecule has 1 aromatic carbocycles. The Bertz CT molecular complexity index is 635. The number of thioether (sulfide) groups is 1. The van der Waals surface area contributed by atoms with Crippen LogP contribution in [0, 0.1) is 0 Å². The van der Waals surface area contributed by atoms with E-state index in [9.17, 15) is 4.79 Å². The van der Waals surface area contributed by atoms with Crippen LogP contribution in [0.25, 0.3) is 0 Å². The first kappa shape index (κ1) is 17.5. The van der Waals surface area contributed by atoms with Gasteiger partial charge in [0.1, 0.15) is 0 Å². The van der Waals surface area contributed by atoms with Gasteiger partial charge in [0.15, 0.2) is 0 Å². The predicted octanol–water partition coefficient (Wildman–Crippen LogP) is 3.42. The summed E-state index contributed by atoms with van der Waals surface area (Å²) in [6, 6.07) is 10.2. The Hall–Kier alpha value is -1.82. The Morgan fingerprint density at radius 2 is 1.96 bits per heavy atom. The van der Waals surface area contributed by atoms with Crippen molar-refractivity contribution >= 4 is 17.7 Å². The van der Waals surface area contributed by atoms with Gasteiger partial charge < -0.3 is 9.73 Å². The lowest BCUT2D eigenvalue weighted by Gasteiger charge is -2.19. The summed E-state index contributed by atoms with van der Waals surface area (Å²) < 4.78 is 5.62. The second kappa shape index (κ2) is 7.64. The van der Waals surface area contributed by atoms with E-state index in [4.69, 9.17) is 4.42 Å². The minimum absolute atomic E-state index is 0.0418. The van der Waals surface area contributed by atoms with Crippen molar-refractivity contribution in [1.82, 2.24) is 15.5 Å². The number of carbonyl (C=O) groups excluding carboxylic acids is 1. The van der Waals surface area contributed by atoms with Gasteiger partial charge in [0.2, 0.25) is 11.8 Å². The summed E-state index contributed by atoms with van der Waals surface area (Å²) in [6.07, 6.45) is 0.686. The topological polar surface area (TPSA) is 68.0 Å². The van der Waals surface area contributed by atoms with Gasteiger partial charge in [0, 0.05) is 12.0 Å². The summed E-state index contributed by atoms with van der Waals surface area (Å²) in [5.74, 6) is 1.13. The first-order valence-electron chi connectivity index (χ1n) is 7.64. The normalized spacial score (nSPS) is 12.9. The fraction of sp³-hybridized carbons (Fsp3) is 0.471. The van der Waals surface area contributed by atoms with E-state index in [2.05, 4.69) is 34.6 Å². The summed E-state index contributed by atoms with van der Waals surface area (Å²) in [7, 11) is 0. The molecule has 0 fully saturated rings. The molecule has 1 atom stereocenters. The lowest BCUT2D eigenvalue weighted by Crippen LogP contribution is -2.41. The molecule has 0 bridgehead atoms. The van der Waals surface area contributed by atoms with E-state index >= 15 is 0 Å². The largest absolute Gasteiger partial charge is 0.416 e. The Morgan fingerprint density at radius 3 is 2.61 bits per heavy atom. The molecule has 1 N–H and O–H groups in total. The average Bonchev–Trinajstić information content (AvgIpc) is 2.92. The number of nitrogens with one attached hydrogen (secondary N) is 1. The van der Waals surface area contributed by atoms with Crippen LogP contribution in [-0.4, -0.2) is 27.4 Å². The molecule has 1 amide bonds. The third-order valence-electron chi connectivity index (χ3n) is 3.14. The van der Waals surface area contributed by atoms with E-state index < -0.39 is 0 Å². The highest BCUT2D eigenvalue weighted by atomic mass is 32.2. The highest BCUT2D eigenvalue weighted by Gasteiger charge is 2.16. The number of benzene rings is 1. The van der Waals surface area contributed by atoms with Crippen molar-refractivity contribution in [3.63, 3.8) is 0 Å². The summed E-state index contributed by atoms with van der Waals surface area (Å²) in [4.78, 5) is 11.8. The average molecular weight is 333 g/mol. The number of aromatic nitrogens is 2. The lowest BCUT2D eigenvalue weighted by atomic mass is 9.98. The van der Waals surface area contributed by atoms with Gasteiger partial charge in [-0.25, -0.2) is 0 Å². The van der Waals surface area contributed by atoms with E-state index in [-0.39, 0.29) is 17.2 Å². The first-order chi connectivity index (χ1) is 10.8. The third-order valence-corrected chi connectivity index (χ3v) is 3.96. The summed E-state index contributed by atoms with van der Waals surface area (Å²) in [5, 5.41) is 11.4. The quantitative estimate of drug-likeness (QED) is 0.820. The predicted molar refractivity (Wildman–Crippen MR) is 91.5 cm³/mol. The number of rotatable bonds is 6. The molecule has 2 rings (SSSR count). The van der Waals surface area contributed by atoms with Crippen LogP contribution in [0.15, 0.2) is 40.0 Å². The molecule has 1 heterocycles. The molecule has 124 valence electrons. The van der Waals surface area contributed by atoms with Crippen molar-refractivity contribution < 1.29 is 9.21 Å². The molecule has 0 radical (unpaired) electrons. The van der Waals surface area contributed by atoms with Crippen molar-refractivity contribution in [3.05, 3.63) is 41.8 Å². The van der Waals surface area contributed by atoms with Crippen molar-refractivity contribution in [2.75, 3.05) is 5.75 Å². The zero-order chi connectivity index (χ0) is 16.9. The fourth-order valence-corrected chi connectivity index (χ4v) is 2.70. The van der Waals surface area contributed by atoms with Gasteiger partial charge in [-0.2, -0.15) is 0 Å². The van der Waals surface area contributed by atoms with Crippen LogP contribution in [-0.2, 0) is 11.2 Å². The van der Waals surface area contributed by atoms with Crippen LogP contribution in [0.4, 0.5) is 0 Å². The van der Waals surface area contributed by atoms with Gasteiger partial charge in [-0.15, -0.1) is 10.2 Å². The number of hydrogen-bond donors (Lipinski definition) is 1. The summed E-state index contributed by atoms with van der Waals surface area (Å²) >= 11 is 1.26. The van der Waals surface area contributed by atoms with Crippen molar-refractivity contribution in [2.45, 2.75) is 50.8 Å². The lowest BCUT2D eigenvalue weighted by molar-refractivity contribution is -0.119. The highest BCUT2D eigenvalue weighted by molar-refractivity contribution is 7.99. The van der Waals surface area contributed by atoms with Crippen LogP contribution in [0.1, 0.15) is 45.1 Å². The fourth-order valence-electron chi connectivity index (χ4n) is 2.12. The van der Waals surface area contributed by atoms with E-state index in [0.29, 0.717) is 23.5 Å². The molecule has 0 saturated carbocycles. The Kier molecular flexibility index (Phi) is 5.82. The zero-order valence-corrected chi connectivity index (χ0v) is 14.8. The molecule has 2 aromatic rings. The second-order valence-corrected chi connectivity index (χ2v) is 7.49. The minimum Gasteiger partial charge on any atom is -0.416 e. The van der Waals surface area contributed by atoms with Crippen molar-refractivity contribution in [1.29, 1.82) is 0 Å². The Morgan fingerprint density at radius 1 is 1.26 bits per heavy atom. The van der Waals surface area contributed by atoms with Crippen LogP contribution in [0.2, 0.25) is 0 Å². The smallest absolute Gasteiger partial charge is 0.277 e. The molecule has 1 aromatic heterocycles. The van der Waals surface area contributed by atoms with Crippen LogP contribution in [0.5, 0.6) is 0 Å². The molecular weight excluding hydrogens is 310 g/mol. The van der Waals surface area contributed by atoms with Crippen LogP contribution in [0.3, 0.4) is 0 Å². The molecule has 0 aliphatic heterocycles. The zero-order valence-electron chi connectivity index (χ0n) is 14.0. The monoisotopic (exact) mass is 333 g/mol. The molecule has 6 heteroatoms. The molecule has 0 aliphatic carbocycles. The van der Waals surface area contributed by atoms with E-state index in [1.807, 2.05) is 39.0 Å². The maximum Gasteiger partial charge on any atom is 0.277 e. The molecular formula is C17H23N3O2S. The second-order valence-electron chi connectivity index (χ2n) is 6.56.